The Morgan fingerprint density at radius 1 is 0.938 bits per heavy atom. The first-order chi connectivity index (χ1) is 15.4. The molecule has 2 aromatic rings. The molecule has 2 amide bonds. The van der Waals surface area contributed by atoms with E-state index in [2.05, 4.69) is 18.7 Å². The molecule has 4 rings (SSSR count). The van der Waals surface area contributed by atoms with Gasteiger partial charge in [0, 0.05) is 18.1 Å². The monoisotopic (exact) mass is 452 g/mol. The van der Waals surface area contributed by atoms with E-state index in [1.807, 2.05) is 43.3 Å². The molecule has 2 aromatic carbocycles. The molecule has 1 fully saturated rings. The Bertz CT molecular complexity index is 1020. The summed E-state index contributed by atoms with van der Waals surface area (Å²) >= 11 is 6.00. The minimum absolute atomic E-state index is 0.220. The Hall–Kier alpha value is -2.79. The molecule has 32 heavy (non-hydrogen) atoms. The summed E-state index contributed by atoms with van der Waals surface area (Å²) in [6.07, 6.45) is 1.12. The number of hydrogen-bond donors (Lipinski definition) is 0. The van der Waals surface area contributed by atoms with Crippen LogP contribution in [0.3, 0.4) is 0 Å². The molecule has 0 bridgehead atoms. The maximum Gasteiger partial charge on any atom is 0.278 e. The van der Waals surface area contributed by atoms with Gasteiger partial charge in [-0.1, -0.05) is 49.7 Å². The van der Waals surface area contributed by atoms with E-state index < -0.39 is 0 Å². The van der Waals surface area contributed by atoms with E-state index in [0.717, 1.165) is 36.4 Å². The highest BCUT2D eigenvalue weighted by Gasteiger charge is 2.42. The smallest absolute Gasteiger partial charge is 0.278 e. The average molecular weight is 453 g/mol. The largest absolute Gasteiger partial charge is 0.494 e. The van der Waals surface area contributed by atoms with Crippen molar-refractivity contribution in [1.82, 2.24) is 9.80 Å². The summed E-state index contributed by atoms with van der Waals surface area (Å²) in [6.45, 7) is 8.67. The van der Waals surface area contributed by atoms with Gasteiger partial charge in [0.25, 0.3) is 11.8 Å². The fourth-order valence-corrected chi connectivity index (χ4v) is 4.89. The summed E-state index contributed by atoms with van der Waals surface area (Å²) in [4.78, 5) is 30.7. The summed E-state index contributed by atoms with van der Waals surface area (Å²) in [7, 11) is 0. The van der Waals surface area contributed by atoms with Crippen LogP contribution >= 0.6 is 11.6 Å². The van der Waals surface area contributed by atoms with Crippen LogP contribution in [0.2, 0.25) is 5.02 Å². The second-order valence-electron chi connectivity index (χ2n) is 8.85. The van der Waals surface area contributed by atoms with Gasteiger partial charge >= 0.3 is 0 Å². The number of piperidine rings is 1. The third-order valence-electron chi connectivity index (χ3n) is 6.04. The van der Waals surface area contributed by atoms with Crippen LogP contribution in [0.5, 0.6) is 5.75 Å². The van der Waals surface area contributed by atoms with Crippen molar-refractivity contribution in [1.29, 1.82) is 0 Å². The van der Waals surface area contributed by atoms with E-state index in [-0.39, 0.29) is 18.4 Å². The maximum atomic E-state index is 13.6. The highest BCUT2D eigenvalue weighted by molar-refractivity contribution is 6.35. The summed E-state index contributed by atoms with van der Waals surface area (Å²) in [6, 6.07) is 14.7. The molecule has 2 atom stereocenters. The first kappa shape index (κ1) is 22.4. The number of hydrogen-bond acceptors (Lipinski definition) is 4. The number of carbonyl (C=O) groups excluding carboxylic acids is 2. The molecule has 2 heterocycles. The van der Waals surface area contributed by atoms with Crippen molar-refractivity contribution in [3.05, 3.63) is 70.4 Å². The molecule has 0 spiro atoms. The molecule has 0 radical (unpaired) electrons. The van der Waals surface area contributed by atoms with E-state index >= 15 is 0 Å². The molecular formula is C26H29ClN2O3. The fraction of sp³-hybridized carbons (Fsp3) is 0.385. The zero-order chi connectivity index (χ0) is 22.8. The van der Waals surface area contributed by atoms with Gasteiger partial charge in [-0.25, -0.2) is 0 Å². The molecule has 0 N–H and O–H groups in total. The minimum atomic E-state index is -0.255. The molecule has 168 valence electrons. The van der Waals surface area contributed by atoms with Gasteiger partial charge in [-0.15, -0.1) is 0 Å². The van der Waals surface area contributed by atoms with Gasteiger partial charge in [0.2, 0.25) is 0 Å². The van der Waals surface area contributed by atoms with Crippen molar-refractivity contribution in [3.63, 3.8) is 0 Å². The highest BCUT2D eigenvalue weighted by atomic mass is 35.5. The van der Waals surface area contributed by atoms with Crippen molar-refractivity contribution in [3.8, 4) is 5.75 Å². The Balaban J connectivity index is 1.72. The quantitative estimate of drug-likeness (QED) is 0.579. The van der Waals surface area contributed by atoms with Crippen LogP contribution in [-0.2, 0) is 16.1 Å². The topological polar surface area (TPSA) is 49.9 Å². The predicted molar refractivity (Wildman–Crippen MR) is 126 cm³/mol. The molecule has 2 aliphatic heterocycles. The number of likely N-dealkylation sites (tertiary alicyclic amines) is 1. The molecule has 2 aliphatic rings. The SMILES string of the molecule is CCOc1ccc(C2=C(N3CC(C)CC(C)C3)C(=O)N(Cc3ccc(Cl)cc3)C2=O)cc1. The zero-order valence-electron chi connectivity index (χ0n) is 18.8. The van der Waals surface area contributed by atoms with Crippen LogP contribution in [0.15, 0.2) is 54.2 Å². The van der Waals surface area contributed by atoms with Crippen molar-refractivity contribution < 1.29 is 14.3 Å². The first-order valence-corrected chi connectivity index (χ1v) is 11.6. The van der Waals surface area contributed by atoms with Crippen LogP contribution in [0.4, 0.5) is 0 Å². The van der Waals surface area contributed by atoms with Gasteiger partial charge < -0.3 is 9.64 Å². The molecule has 5 nitrogen and oxygen atoms in total. The highest BCUT2D eigenvalue weighted by Crippen LogP contribution is 2.36. The number of amides is 2. The number of nitrogens with zero attached hydrogens (tertiary/aromatic N) is 2. The molecule has 6 heteroatoms. The first-order valence-electron chi connectivity index (χ1n) is 11.2. The summed E-state index contributed by atoms with van der Waals surface area (Å²) in [5, 5.41) is 0.623. The number of rotatable bonds is 6. The molecule has 0 aromatic heterocycles. The van der Waals surface area contributed by atoms with Gasteiger partial charge in [-0.2, -0.15) is 0 Å². The van der Waals surface area contributed by atoms with Crippen LogP contribution in [0.25, 0.3) is 5.57 Å². The van der Waals surface area contributed by atoms with E-state index in [1.54, 1.807) is 12.1 Å². The number of ether oxygens (including phenoxy) is 1. The van der Waals surface area contributed by atoms with Crippen molar-refractivity contribution >= 4 is 29.0 Å². The third kappa shape index (κ3) is 4.53. The fourth-order valence-electron chi connectivity index (χ4n) is 4.76. The molecule has 0 aliphatic carbocycles. The normalized spacial score (nSPS) is 21.5. The van der Waals surface area contributed by atoms with Gasteiger partial charge in [0.15, 0.2) is 0 Å². The lowest BCUT2D eigenvalue weighted by Gasteiger charge is -2.37. The molecule has 1 saturated heterocycles. The lowest BCUT2D eigenvalue weighted by molar-refractivity contribution is -0.138. The Labute approximate surface area is 194 Å². The lowest BCUT2D eigenvalue weighted by atomic mass is 9.91. The van der Waals surface area contributed by atoms with Gasteiger partial charge in [0.1, 0.15) is 11.4 Å². The van der Waals surface area contributed by atoms with Crippen LogP contribution < -0.4 is 4.74 Å². The van der Waals surface area contributed by atoms with Crippen LogP contribution in [-0.4, -0.2) is 41.3 Å². The Kier molecular flexibility index (Phi) is 6.56. The van der Waals surface area contributed by atoms with Crippen molar-refractivity contribution in [2.75, 3.05) is 19.7 Å². The van der Waals surface area contributed by atoms with Gasteiger partial charge in [-0.05, 0) is 60.6 Å². The molecular weight excluding hydrogens is 424 g/mol. The minimum Gasteiger partial charge on any atom is -0.494 e. The Morgan fingerprint density at radius 2 is 1.56 bits per heavy atom. The van der Waals surface area contributed by atoms with Crippen molar-refractivity contribution in [2.24, 2.45) is 11.8 Å². The number of benzene rings is 2. The molecule has 2 unspecified atom stereocenters. The molecule has 0 saturated carbocycles. The summed E-state index contributed by atoms with van der Waals surface area (Å²) < 4.78 is 5.55. The average Bonchev–Trinajstić information content (AvgIpc) is 3.00. The number of halogens is 1. The summed E-state index contributed by atoms with van der Waals surface area (Å²) in [5.41, 5.74) is 2.61. The van der Waals surface area contributed by atoms with E-state index in [9.17, 15) is 9.59 Å². The number of imide groups is 1. The summed E-state index contributed by atoms with van der Waals surface area (Å²) in [5.74, 6) is 1.18. The van der Waals surface area contributed by atoms with Gasteiger partial charge in [0.05, 0.1) is 18.7 Å². The van der Waals surface area contributed by atoms with Crippen LogP contribution in [0, 0.1) is 11.8 Å². The second-order valence-corrected chi connectivity index (χ2v) is 9.29. The zero-order valence-corrected chi connectivity index (χ0v) is 19.6. The second kappa shape index (κ2) is 9.37. The van der Waals surface area contributed by atoms with Crippen molar-refractivity contribution in [2.45, 2.75) is 33.7 Å². The maximum absolute atomic E-state index is 13.6. The third-order valence-corrected chi connectivity index (χ3v) is 6.29. The van der Waals surface area contributed by atoms with Crippen LogP contribution in [0.1, 0.15) is 38.3 Å². The van der Waals surface area contributed by atoms with E-state index in [0.29, 0.717) is 34.7 Å². The number of carbonyl (C=O) groups is 2. The Morgan fingerprint density at radius 3 is 2.16 bits per heavy atom. The van der Waals surface area contributed by atoms with E-state index in [1.165, 1.54) is 4.90 Å². The predicted octanol–water partition coefficient (Wildman–Crippen LogP) is 5.00. The van der Waals surface area contributed by atoms with E-state index in [4.69, 9.17) is 16.3 Å². The lowest BCUT2D eigenvalue weighted by Crippen LogP contribution is -2.41. The standard InChI is InChI=1S/C26H29ClN2O3/c1-4-32-22-11-7-20(8-12-22)23-24(28-14-17(2)13-18(3)15-28)26(31)29(25(23)30)16-19-5-9-21(27)10-6-19/h5-12,17-18H,4,13-16H2,1-3H3. The van der Waals surface area contributed by atoms with Gasteiger partial charge in [-0.3, -0.25) is 14.5 Å².